The second kappa shape index (κ2) is 11.8. The molecule has 1 N–H and O–H groups in total. The van der Waals surface area contributed by atoms with Crippen molar-refractivity contribution in [3.05, 3.63) is 12.2 Å². The number of hydrogen-bond donors (Lipinski definition) is 1. The molecule has 1 unspecified atom stereocenters. The van der Waals surface area contributed by atoms with Gasteiger partial charge in [0.15, 0.2) is 0 Å². The Kier molecular flexibility index (Phi) is 10.9. The molecule has 0 fully saturated rings. The Balaban J connectivity index is 3.85. The van der Waals surface area contributed by atoms with Gasteiger partial charge in [0.1, 0.15) is 0 Å². The highest BCUT2D eigenvalue weighted by atomic mass is 16.5. The van der Waals surface area contributed by atoms with E-state index in [4.69, 9.17) is 5.11 Å². The van der Waals surface area contributed by atoms with Crippen LogP contribution in [0.15, 0.2) is 12.2 Å². The number of carboxylic acid groups (broad SMARTS) is 1. The quantitative estimate of drug-likeness (QED) is 0.354. The molecule has 0 bridgehead atoms. The molecule has 0 heterocycles. The number of unbranched alkanes of at least 4 members (excludes halogenated alkanes) is 6. The number of esters is 1. The Hall–Kier alpha value is -1.32. The molecule has 0 rings (SSSR count). The topological polar surface area (TPSA) is 63.6 Å². The third-order valence-electron chi connectivity index (χ3n) is 2.99. The predicted octanol–water partition coefficient (Wildman–Crippen LogP) is 3.56. The SMILES string of the molecule is CCCCCCCCC=CC(CC(=O)O)C(=O)OC. The maximum atomic E-state index is 11.3. The van der Waals surface area contributed by atoms with Gasteiger partial charge in [-0.15, -0.1) is 0 Å². The maximum Gasteiger partial charge on any atom is 0.313 e. The van der Waals surface area contributed by atoms with Gasteiger partial charge in [0, 0.05) is 0 Å². The van der Waals surface area contributed by atoms with E-state index in [1.165, 1.54) is 39.2 Å². The summed E-state index contributed by atoms with van der Waals surface area (Å²) in [6.07, 6.45) is 11.6. The van der Waals surface area contributed by atoms with Crippen molar-refractivity contribution in [1.82, 2.24) is 0 Å². The molecule has 0 aliphatic heterocycles. The van der Waals surface area contributed by atoms with Crippen molar-refractivity contribution in [2.24, 2.45) is 5.92 Å². The van der Waals surface area contributed by atoms with Crippen LogP contribution in [0.2, 0.25) is 0 Å². The summed E-state index contributed by atoms with van der Waals surface area (Å²) in [5.74, 6) is -2.14. The number of allylic oxidation sites excluding steroid dienone is 1. The molecule has 1 atom stereocenters. The lowest BCUT2D eigenvalue weighted by molar-refractivity contribution is -0.148. The van der Waals surface area contributed by atoms with Crippen molar-refractivity contribution in [2.75, 3.05) is 7.11 Å². The Morgan fingerprint density at radius 1 is 1.16 bits per heavy atom. The second-order valence-corrected chi connectivity index (χ2v) is 4.71. The summed E-state index contributed by atoms with van der Waals surface area (Å²) in [5, 5.41) is 8.71. The number of rotatable bonds is 11. The number of methoxy groups -OCH3 is 1. The Morgan fingerprint density at radius 2 is 1.79 bits per heavy atom. The molecule has 0 aliphatic carbocycles. The summed E-state index contributed by atoms with van der Waals surface area (Å²) < 4.78 is 4.58. The molecule has 4 nitrogen and oxygen atoms in total. The molecule has 0 spiro atoms. The molecule has 0 saturated heterocycles. The smallest absolute Gasteiger partial charge is 0.313 e. The van der Waals surface area contributed by atoms with Crippen molar-refractivity contribution < 1.29 is 19.4 Å². The summed E-state index contributed by atoms with van der Waals surface area (Å²) in [6, 6.07) is 0. The van der Waals surface area contributed by atoms with E-state index >= 15 is 0 Å². The van der Waals surface area contributed by atoms with Crippen LogP contribution in [0.1, 0.15) is 58.3 Å². The number of carboxylic acids is 1. The van der Waals surface area contributed by atoms with Crippen molar-refractivity contribution in [3.8, 4) is 0 Å². The normalized spacial score (nSPS) is 12.5. The lowest BCUT2D eigenvalue weighted by Gasteiger charge is -2.07. The van der Waals surface area contributed by atoms with Gasteiger partial charge in [0.05, 0.1) is 19.4 Å². The Labute approximate surface area is 115 Å². The van der Waals surface area contributed by atoms with Crippen LogP contribution in [0.4, 0.5) is 0 Å². The first-order chi connectivity index (χ1) is 9.11. The van der Waals surface area contributed by atoms with Gasteiger partial charge in [-0.3, -0.25) is 9.59 Å². The average Bonchev–Trinajstić information content (AvgIpc) is 2.39. The van der Waals surface area contributed by atoms with E-state index in [2.05, 4.69) is 11.7 Å². The standard InChI is InChI=1S/C15H26O4/c1-3-4-5-6-7-8-9-10-11-13(12-14(16)17)15(18)19-2/h10-11,13H,3-9,12H2,1-2H3,(H,16,17). The summed E-state index contributed by atoms with van der Waals surface area (Å²) in [7, 11) is 1.28. The monoisotopic (exact) mass is 270 g/mol. The van der Waals surface area contributed by atoms with Gasteiger partial charge in [-0.25, -0.2) is 0 Å². The van der Waals surface area contributed by atoms with Crippen molar-refractivity contribution >= 4 is 11.9 Å². The molecule has 0 radical (unpaired) electrons. The van der Waals surface area contributed by atoms with Gasteiger partial charge >= 0.3 is 11.9 Å². The third-order valence-corrected chi connectivity index (χ3v) is 2.99. The van der Waals surface area contributed by atoms with Crippen LogP contribution in [-0.2, 0) is 14.3 Å². The van der Waals surface area contributed by atoms with Gasteiger partial charge in [-0.2, -0.15) is 0 Å². The highest BCUT2D eigenvalue weighted by molar-refractivity contribution is 5.80. The fourth-order valence-electron chi connectivity index (χ4n) is 1.87. The molecule has 0 aromatic rings. The molecule has 110 valence electrons. The van der Waals surface area contributed by atoms with Crippen LogP contribution < -0.4 is 0 Å². The van der Waals surface area contributed by atoms with E-state index in [1.54, 1.807) is 6.08 Å². The van der Waals surface area contributed by atoms with Gasteiger partial charge < -0.3 is 9.84 Å². The molecule has 4 heteroatoms. The largest absolute Gasteiger partial charge is 0.481 e. The van der Waals surface area contributed by atoms with Crippen LogP contribution in [0.25, 0.3) is 0 Å². The van der Waals surface area contributed by atoms with Gasteiger partial charge in [0.2, 0.25) is 0 Å². The number of carbonyl (C=O) groups is 2. The molecule has 0 aliphatic rings. The van der Waals surface area contributed by atoms with Crippen molar-refractivity contribution in [3.63, 3.8) is 0 Å². The van der Waals surface area contributed by atoms with Crippen LogP contribution in [0, 0.1) is 5.92 Å². The summed E-state index contributed by atoms with van der Waals surface area (Å²) in [4.78, 5) is 22.0. The Morgan fingerprint density at radius 3 is 2.37 bits per heavy atom. The van der Waals surface area contributed by atoms with E-state index < -0.39 is 17.9 Å². The number of aliphatic carboxylic acids is 1. The van der Waals surface area contributed by atoms with E-state index in [-0.39, 0.29) is 6.42 Å². The second-order valence-electron chi connectivity index (χ2n) is 4.71. The van der Waals surface area contributed by atoms with Crippen molar-refractivity contribution in [1.29, 1.82) is 0 Å². The zero-order chi connectivity index (χ0) is 14.5. The van der Waals surface area contributed by atoms with E-state index in [9.17, 15) is 9.59 Å². The molecule has 0 amide bonds. The maximum absolute atomic E-state index is 11.3. The van der Waals surface area contributed by atoms with Crippen LogP contribution in [-0.4, -0.2) is 24.2 Å². The first kappa shape index (κ1) is 17.7. The summed E-state index contributed by atoms with van der Waals surface area (Å²) in [6.45, 7) is 2.19. The third kappa shape index (κ3) is 10.3. The fourth-order valence-corrected chi connectivity index (χ4v) is 1.87. The molecular formula is C15H26O4. The Bertz CT molecular complexity index is 284. The molecule has 0 aromatic carbocycles. The minimum atomic E-state index is -0.986. The summed E-state index contributed by atoms with van der Waals surface area (Å²) >= 11 is 0. The molecular weight excluding hydrogens is 244 g/mol. The minimum Gasteiger partial charge on any atom is -0.481 e. The number of hydrogen-bond acceptors (Lipinski definition) is 3. The lowest BCUT2D eigenvalue weighted by atomic mass is 10.0. The summed E-state index contributed by atoms with van der Waals surface area (Å²) in [5.41, 5.74) is 0. The van der Waals surface area contributed by atoms with Crippen molar-refractivity contribution in [2.45, 2.75) is 58.3 Å². The fraction of sp³-hybridized carbons (Fsp3) is 0.733. The first-order valence-corrected chi connectivity index (χ1v) is 7.08. The van der Waals surface area contributed by atoms with E-state index in [0.717, 1.165) is 12.8 Å². The van der Waals surface area contributed by atoms with Gasteiger partial charge in [0.25, 0.3) is 0 Å². The van der Waals surface area contributed by atoms with Crippen LogP contribution in [0.5, 0.6) is 0 Å². The van der Waals surface area contributed by atoms with Gasteiger partial charge in [-0.05, 0) is 12.8 Å². The van der Waals surface area contributed by atoms with Gasteiger partial charge in [-0.1, -0.05) is 51.2 Å². The molecule has 19 heavy (non-hydrogen) atoms. The van der Waals surface area contributed by atoms with E-state index in [0.29, 0.717) is 0 Å². The highest BCUT2D eigenvalue weighted by Crippen LogP contribution is 2.11. The number of carbonyl (C=O) groups excluding carboxylic acids is 1. The minimum absolute atomic E-state index is 0.209. The van der Waals surface area contributed by atoms with Crippen LogP contribution >= 0.6 is 0 Å². The highest BCUT2D eigenvalue weighted by Gasteiger charge is 2.18. The molecule has 0 saturated carbocycles. The lowest BCUT2D eigenvalue weighted by Crippen LogP contribution is -2.17. The molecule has 0 aromatic heterocycles. The average molecular weight is 270 g/mol. The zero-order valence-corrected chi connectivity index (χ0v) is 12.1. The van der Waals surface area contributed by atoms with E-state index in [1.807, 2.05) is 6.08 Å². The zero-order valence-electron chi connectivity index (χ0n) is 12.1. The predicted molar refractivity (Wildman–Crippen MR) is 74.9 cm³/mol. The van der Waals surface area contributed by atoms with Crippen LogP contribution in [0.3, 0.4) is 0 Å². The first-order valence-electron chi connectivity index (χ1n) is 7.08. The number of ether oxygens (including phenoxy) is 1.